The van der Waals surface area contributed by atoms with E-state index in [-0.39, 0.29) is 11.9 Å². The van der Waals surface area contributed by atoms with Gasteiger partial charge in [-0.25, -0.2) is 0 Å². The van der Waals surface area contributed by atoms with Gasteiger partial charge in [0.05, 0.1) is 18.8 Å². The summed E-state index contributed by atoms with van der Waals surface area (Å²) in [6.07, 6.45) is 12.9. The number of ether oxygens (including phenoxy) is 2. The molecule has 2 saturated heterocycles. The molecule has 0 aromatic carbocycles. The van der Waals surface area contributed by atoms with E-state index < -0.39 is 0 Å². The van der Waals surface area contributed by atoms with Crippen molar-refractivity contribution in [2.45, 2.75) is 110 Å². The number of aliphatic hydroxyl groups is 1. The van der Waals surface area contributed by atoms with Crippen LogP contribution in [0.2, 0.25) is 0 Å². The molecule has 4 aliphatic carbocycles. The van der Waals surface area contributed by atoms with Crippen molar-refractivity contribution in [3.05, 3.63) is 0 Å². The van der Waals surface area contributed by atoms with Gasteiger partial charge in [-0.15, -0.1) is 0 Å². The van der Waals surface area contributed by atoms with E-state index in [1.165, 1.54) is 44.9 Å². The summed E-state index contributed by atoms with van der Waals surface area (Å²) in [5.41, 5.74) is 0.899. The van der Waals surface area contributed by atoms with Crippen LogP contribution in [0.5, 0.6) is 0 Å². The minimum Gasteiger partial charge on any atom is -0.393 e. The minimum atomic E-state index is -0.282. The Labute approximate surface area is 183 Å². The summed E-state index contributed by atoms with van der Waals surface area (Å²) in [5.74, 6) is 4.93. The maximum Gasteiger partial charge on any atom is 0.171 e. The highest BCUT2D eigenvalue weighted by Gasteiger charge is 2.69. The van der Waals surface area contributed by atoms with Crippen molar-refractivity contribution in [3.63, 3.8) is 0 Å². The molecule has 170 valence electrons. The van der Waals surface area contributed by atoms with Gasteiger partial charge in [0.2, 0.25) is 0 Å². The first-order valence-corrected chi connectivity index (χ1v) is 13.3. The Morgan fingerprint density at radius 2 is 1.63 bits per heavy atom. The van der Waals surface area contributed by atoms with Crippen molar-refractivity contribution >= 4 is 0 Å². The molecule has 30 heavy (non-hydrogen) atoms. The molecule has 0 bridgehead atoms. The quantitative estimate of drug-likeness (QED) is 0.543. The molecular formula is C27H44O3. The van der Waals surface area contributed by atoms with Crippen LogP contribution in [0.3, 0.4) is 0 Å². The summed E-state index contributed by atoms with van der Waals surface area (Å²) in [5, 5.41) is 10.3. The number of hydrogen-bond donors (Lipinski definition) is 1. The Morgan fingerprint density at radius 1 is 0.833 bits per heavy atom. The van der Waals surface area contributed by atoms with Crippen molar-refractivity contribution in [1.29, 1.82) is 0 Å². The van der Waals surface area contributed by atoms with Gasteiger partial charge in [-0.3, -0.25) is 0 Å². The number of fused-ring (bicyclic) bond motifs is 7. The van der Waals surface area contributed by atoms with Gasteiger partial charge in [-0.05, 0) is 104 Å². The maximum absolute atomic E-state index is 10.3. The lowest BCUT2D eigenvalue weighted by Crippen LogP contribution is -2.55. The third-order valence-corrected chi connectivity index (χ3v) is 11.9. The maximum atomic E-state index is 10.3. The van der Waals surface area contributed by atoms with E-state index in [1.807, 2.05) is 0 Å². The van der Waals surface area contributed by atoms with Crippen LogP contribution in [0.1, 0.15) is 91.9 Å². The van der Waals surface area contributed by atoms with E-state index in [1.54, 1.807) is 0 Å². The van der Waals surface area contributed by atoms with Crippen LogP contribution >= 0.6 is 0 Å². The Balaban J connectivity index is 1.26. The molecule has 0 amide bonds. The Morgan fingerprint density at radius 3 is 2.40 bits per heavy atom. The average molecular weight is 417 g/mol. The summed E-state index contributed by atoms with van der Waals surface area (Å²) in [7, 11) is 0. The summed E-state index contributed by atoms with van der Waals surface area (Å²) in [4.78, 5) is 0. The molecule has 1 N–H and O–H groups in total. The lowest BCUT2D eigenvalue weighted by Gasteiger charge is -2.61. The monoisotopic (exact) mass is 416 g/mol. The molecule has 0 aromatic heterocycles. The van der Waals surface area contributed by atoms with Crippen LogP contribution in [0.25, 0.3) is 0 Å². The molecule has 6 rings (SSSR count). The fourth-order valence-corrected chi connectivity index (χ4v) is 10.3. The van der Waals surface area contributed by atoms with Gasteiger partial charge in [0.25, 0.3) is 0 Å². The van der Waals surface area contributed by atoms with Gasteiger partial charge in [-0.2, -0.15) is 0 Å². The molecular weight excluding hydrogens is 372 g/mol. The van der Waals surface area contributed by atoms with Gasteiger partial charge in [0, 0.05) is 12.3 Å². The molecule has 2 aliphatic heterocycles. The summed E-state index contributed by atoms with van der Waals surface area (Å²) in [6, 6.07) is 0. The highest BCUT2D eigenvalue weighted by Crippen LogP contribution is 2.71. The first-order chi connectivity index (χ1) is 14.3. The third-order valence-electron chi connectivity index (χ3n) is 11.9. The zero-order valence-electron chi connectivity index (χ0n) is 19.7. The standard InChI is InChI=1S/C27H44O3/c1-16-7-12-27(29-15-16)17(2)24-23(30-27)14-22-20-6-5-18-13-19(28)8-10-25(18,3)21(20)9-11-26(22,24)4/h16-24,28H,5-15H2,1-4H3/t16-,17-,18-,19+,20-,21+,22+,23-,24+,25+,26+,27-/m1/s1. The van der Waals surface area contributed by atoms with Crippen molar-refractivity contribution in [3.8, 4) is 0 Å². The smallest absolute Gasteiger partial charge is 0.171 e. The normalized spacial score (nSPS) is 62.5. The number of aliphatic hydroxyl groups excluding tert-OH is 1. The van der Waals surface area contributed by atoms with Crippen LogP contribution in [0.15, 0.2) is 0 Å². The molecule has 6 fully saturated rings. The van der Waals surface area contributed by atoms with Crippen LogP contribution in [0.4, 0.5) is 0 Å². The first-order valence-electron chi connectivity index (χ1n) is 13.3. The fourth-order valence-electron chi connectivity index (χ4n) is 10.3. The zero-order chi connectivity index (χ0) is 20.9. The van der Waals surface area contributed by atoms with E-state index in [0.717, 1.165) is 49.5 Å². The largest absolute Gasteiger partial charge is 0.393 e. The predicted octanol–water partition coefficient (Wildman–Crippen LogP) is 5.79. The molecule has 0 aromatic rings. The molecule has 0 radical (unpaired) electrons. The predicted molar refractivity (Wildman–Crippen MR) is 118 cm³/mol. The van der Waals surface area contributed by atoms with Crippen LogP contribution in [0, 0.1) is 52.3 Å². The molecule has 1 spiro atoms. The van der Waals surface area contributed by atoms with Gasteiger partial charge in [0.15, 0.2) is 5.79 Å². The number of rotatable bonds is 0. The van der Waals surface area contributed by atoms with E-state index in [0.29, 0.717) is 34.7 Å². The highest BCUT2D eigenvalue weighted by atomic mass is 16.7. The SMILES string of the molecule is C[C@@H]1CC[C@@]2(OC1)O[C@@H]1C[C@H]3[C@@H]4CC[C@@H]5C[C@@H](O)CC[C@]5(C)[C@H]4CC[C@]3(C)[C@H]1[C@H]2C. The molecule has 4 saturated carbocycles. The summed E-state index contributed by atoms with van der Waals surface area (Å²) < 4.78 is 13.4. The van der Waals surface area contributed by atoms with Gasteiger partial charge >= 0.3 is 0 Å². The van der Waals surface area contributed by atoms with Crippen molar-refractivity contribution in [1.82, 2.24) is 0 Å². The molecule has 3 nitrogen and oxygen atoms in total. The Hall–Kier alpha value is -0.120. The van der Waals surface area contributed by atoms with E-state index in [4.69, 9.17) is 9.47 Å². The van der Waals surface area contributed by atoms with E-state index >= 15 is 0 Å². The second-order valence-corrected chi connectivity index (χ2v) is 13.1. The van der Waals surface area contributed by atoms with Crippen molar-refractivity contribution < 1.29 is 14.6 Å². The highest BCUT2D eigenvalue weighted by molar-refractivity contribution is 5.15. The lowest BCUT2D eigenvalue weighted by atomic mass is 9.44. The van der Waals surface area contributed by atoms with Crippen LogP contribution < -0.4 is 0 Å². The van der Waals surface area contributed by atoms with E-state index in [2.05, 4.69) is 27.7 Å². The number of hydrogen-bond acceptors (Lipinski definition) is 3. The second kappa shape index (κ2) is 6.70. The van der Waals surface area contributed by atoms with Crippen LogP contribution in [-0.2, 0) is 9.47 Å². The first kappa shape index (κ1) is 20.5. The second-order valence-electron chi connectivity index (χ2n) is 13.1. The molecule has 6 aliphatic rings. The summed E-state index contributed by atoms with van der Waals surface area (Å²) in [6.45, 7) is 10.9. The van der Waals surface area contributed by atoms with E-state index in [9.17, 15) is 5.11 Å². The zero-order valence-corrected chi connectivity index (χ0v) is 19.7. The molecule has 2 heterocycles. The van der Waals surface area contributed by atoms with Crippen molar-refractivity contribution in [2.75, 3.05) is 6.61 Å². The summed E-state index contributed by atoms with van der Waals surface area (Å²) >= 11 is 0. The molecule has 3 heteroatoms. The lowest BCUT2D eigenvalue weighted by molar-refractivity contribution is -0.273. The van der Waals surface area contributed by atoms with Gasteiger partial charge in [0.1, 0.15) is 0 Å². The average Bonchev–Trinajstić information content (AvgIpc) is 3.16. The minimum absolute atomic E-state index is 0.0389. The van der Waals surface area contributed by atoms with Gasteiger partial charge < -0.3 is 14.6 Å². The topological polar surface area (TPSA) is 38.7 Å². The van der Waals surface area contributed by atoms with Gasteiger partial charge in [-0.1, -0.05) is 27.7 Å². The fraction of sp³-hybridized carbons (Fsp3) is 1.00. The van der Waals surface area contributed by atoms with Crippen LogP contribution in [-0.4, -0.2) is 29.7 Å². The molecule has 0 unspecified atom stereocenters. The van der Waals surface area contributed by atoms with Crippen molar-refractivity contribution in [2.24, 2.45) is 52.3 Å². The Bertz CT molecular complexity index is 684. The molecule has 12 atom stereocenters. The third kappa shape index (κ3) is 2.61. The Kier molecular flexibility index (Phi) is 4.58.